The van der Waals surface area contributed by atoms with Crippen molar-refractivity contribution in [2.24, 2.45) is 0 Å². The van der Waals surface area contributed by atoms with Gasteiger partial charge < -0.3 is 5.11 Å². The van der Waals surface area contributed by atoms with E-state index in [9.17, 15) is 4.79 Å². The lowest BCUT2D eigenvalue weighted by molar-refractivity contribution is -0.131. The molecule has 0 saturated carbocycles. The summed E-state index contributed by atoms with van der Waals surface area (Å²) in [6.07, 6.45) is 2.80. The second kappa shape index (κ2) is 5.43. The van der Waals surface area contributed by atoms with Gasteiger partial charge in [0.2, 0.25) is 0 Å². The summed E-state index contributed by atoms with van der Waals surface area (Å²) < 4.78 is 0. The summed E-state index contributed by atoms with van der Waals surface area (Å²) in [4.78, 5) is 11.3. The molecule has 0 saturated heterocycles. The maximum atomic E-state index is 10.1. The number of thioether (sulfide) groups is 1. The Bertz CT molecular complexity index is 293. The van der Waals surface area contributed by atoms with Crippen LogP contribution in [-0.2, 0) is 4.79 Å². The van der Waals surface area contributed by atoms with Crippen LogP contribution in [0, 0.1) is 0 Å². The van der Waals surface area contributed by atoms with Crippen molar-refractivity contribution >= 4 is 17.7 Å². The third-order valence-corrected chi connectivity index (χ3v) is 2.31. The summed E-state index contributed by atoms with van der Waals surface area (Å²) in [5.74, 6) is -0.204. The average Bonchev–Trinajstić information content (AvgIpc) is 2.14. The molecule has 0 atom stereocenters. The molecule has 0 radical (unpaired) electrons. The molecule has 1 aromatic carbocycles. The molecule has 0 fully saturated rings. The fourth-order valence-electron chi connectivity index (χ4n) is 0.810. The lowest BCUT2D eigenvalue weighted by atomic mass is 10.4. The maximum Gasteiger partial charge on any atom is 0.328 e. The van der Waals surface area contributed by atoms with Crippen molar-refractivity contribution in [2.75, 3.05) is 5.75 Å². The van der Waals surface area contributed by atoms with Crippen molar-refractivity contribution < 1.29 is 9.90 Å². The molecular weight excluding hydrogens is 184 g/mol. The normalized spacial score (nSPS) is 10.5. The Morgan fingerprint density at radius 2 is 2.08 bits per heavy atom. The molecule has 0 amide bonds. The highest BCUT2D eigenvalue weighted by atomic mass is 32.2. The number of carboxylic acids is 1. The molecule has 68 valence electrons. The SMILES string of the molecule is O=C(O)C=CCSc1ccccc1. The number of aliphatic carboxylic acids is 1. The molecule has 13 heavy (non-hydrogen) atoms. The quantitative estimate of drug-likeness (QED) is 0.590. The van der Waals surface area contributed by atoms with Gasteiger partial charge >= 0.3 is 5.97 Å². The van der Waals surface area contributed by atoms with Crippen LogP contribution in [0.15, 0.2) is 47.4 Å². The lowest BCUT2D eigenvalue weighted by Gasteiger charge is -1.95. The van der Waals surface area contributed by atoms with E-state index in [4.69, 9.17) is 5.11 Å². The van der Waals surface area contributed by atoms with E-state index >= 15 is 0 Å². The van der Waals surface area contributed by atoms with E-state index in [1.165, 1.54) is 0 Å². The third-order valence-electron chi connectivity index (χ3n) is 1.35. The van der Waals surface area contributed by atoms with E-state index in [1.807, 2.05) is 30.3 Å². The lowest BCUT2D eigenvalue weighted by Crippen LogP contribution is -1.86. The number of carbonyl (C=O) groups is 1. The fourth-order valence-corrected chi connectivity index (χ4v) is 1.54. The van der Waals surface area contributed by atoms with Crippen LogP contribution in [0.4, 0.5) is 0 Å². The summed E-state index contributed by atoms with van der Waals surface area (Å²) in [5, 5.41) is 8.31. The van der Waals surface area contributed by atoms with Gasteiger partial charge in [0, 0.05) is 16.7 Å². The Morgan fingerprint density at radius 1 is 1.38 bits per heavy atom. The molecule has 1 N–H and O–H groups in total. The topological polar surface area (TPSA) is 37.3 Å². The molecule has 0 spiro atoms. The van der Waals surface area contributed by atoms with Crippen molar-refractivity contribution in [2.45, 2.75) is 4.90 Å². The number of hydrogen-bond donors (Lipinski definition) is 1. The highest BCUT2D eigenvalue weighted by Gasteiger charge is 1.89. The van der Waals surface area contributed by atoms with Gasteiger partial charge in [0.25, 0.3) is 0 Å². The first-order chi connectivity index (χ1) is 6.29. The number of hydrogen-bond acceptors (Lipinski definition) is 2. The van der Waals surface area contributed by atoms with E-state index in [2.05, 4.69) is 0 Å². The minimum absolute atomic E-state index is 0.691. The van der Waals surface area contributed by atoms with Gasteiger partial charge in [0.1, 0.15) is 0 Å². The van der Waals surface area contributed by atoms with Gasteiger partial charge in [-0.1, -0.05) is 24.3 Å². The Morgan fingerprint density at radius 3 is 2.69 bits per heavy atom. The molecule has 3 heteroatoms. The zero-order valence-corrected chi connectivity index (χ0v) is 7.83. The van der Waals surface area contributed by atoms with Gasteiger partial charge in [-0.2, -0.15) is 0 Å². The van der Waals surface area contributed by atoms with Crippen LogP contribution in [0.3, 0.4) is 0 Å². The first kappa shape index (κ1) is 9.86. The van der Waals surface area contributed by atoms with E-state index in [0.29, 0.717) is 5.75 Å². The first-order valence-corrected chi connectivity index (χ1v) is 4.85. The molecule has 1 rings (SSSR count). The van der Waals surface area contributed by atoms with Crippen LogP contribution >= 0.6 is 11.8 Å². The Hall–Kier alpha value is -1.22. The number of carboxylic acid groups (broad SMARTS) is 1. The standard InChI is InChI=1S/C10H10O2S/c11-10(12)7-4-8-13-9-5-2-1-3-6-9/h1-7H,8H2,(H,11,12). The molecule has 0 bridgehead atoms. The predicted molar refractivity (Wildman–Crippen MR) is 53.9 cm³/mol. The van der Waals surface area contributed by atoms with Crippen LogP contribution in [-0.4, -0.2) is 16.8 Å². The molecule has 0 heterocycles. The summed E-state index contributed by atoms with van der Waals surface area (Å²) in [6, 6.07) is 9.88. The van der Waals surface area contributed by atoms with Gasteiger partial charge in [-0.25, -0.2) is 4.79 Å². The molecule has 0 aromatic heterocycles. The van der Waals surface area contributed by atoms with Crippen molar-refractivity contribution in [3.05, 3.63) is 42.5 Å². The van der Waals surface area contributed by atoms with Crippen molar-refractivity contribution in [1.82, 2.24) is 0 Å². The summed E-state index contributed by atoms with van der Waals surface area (Å²) in [5.41, 5.74) is 0. The first-order valence-electron chi connectivity index (χ1n) is 3.86. The zero-order chi connectivity index (χ0) is 9.52. The highest BCUT2D eigenvalue weighted by Crippen LogP contribution is 2.16. The monoisotopic (exact) mass is 194 g/mol. The van der Waals surface area contributed by atoms with Crippen LogP contribution in [0.5, 0.6) is 0 Å². The van der Waals surface area contributed by atoms with E-state index < -0.39 is 5.97 Å². The Kier molecular flexibility index (Phi) is 4.12. The molecular formula is C10H10O2S. The van der Waals surface area contributed by atoms with E-state index in [0.717, 1.165) is 11.0 Å². The van der Waals surface area contributed by atoms with E-state index in [1.54, 1.807) is 17.8 Å². The number of rotatable bonds is 4. The second-order valence-corrected chi connectivity index (χ2v) is 3.46. The van der Waals surface area contributed by atoms with Crippen LogP contribution < -0.4 is 0 Å². The number of benzene rings is 1. The van der Waals surface area contributed by atoms with Crippen molar-refractivity contribution in [1.29, 1.82) is 0 Å². The molecule has 0 aliphatic heterocycles. The van der Waals surface area contributed by atoms with Crippen LogP contribution in [0.2, 0.25) is 0 Å². The van der Waals surface area contributed by atoms with Gasteiger partial charge in [-0.15, -0.1) is 11.8 Å². The Labute approximate surface area is 81.3 Å². The molecule has 0 unspecified atom stereocenters. The highest BCUT2D eigenvalue weighted by molar-refractivity contribution is 7.99. The summed E-state index contributed by atoms with van der Waals surface area (Å²) in [6.45, 7) is 0. The molecule has 0 aliphatic rings. The van der Waals surface area contributed by atoms with Crippen LogP contribution in [0.25, 0.3) is 0 Å². The molecule has 1 aromatic rings. The van der Waals surface area contributed by atoms with E-state index in [-0.39, 0.29) is 0 Å². The predicted octanol–water partition coefficient (Wildman–Crippen LogP) is 2.42. The molecule has 2 nitrogen and oxygen atoms in total. The smallest absolute Gasteiger partial charge is 0.328 e. The van der Waals surface area contributed by atoms with Gasteiger partial charge in [0.15, 0.2) is 0 Å². The Balaban J connectivity index is 2.32. The maximum absolute atomic E-state index is 10.1. The third kappa shape index (κ3) is 4.38. The molecule has 0 aliphatic carbocycles. The zero-order valence-electron chi connectivity index (χ0n) is 7.01. The average molecular weight is 194 g/mol. The van der Waals surface area contributed by atoms with Crippen molar-refractivity contribution in [3.63, 3.8) is 0 Å². The van der Waals surface area contributed by atoms with Gasteiger partial charge in [-0.05, 0) is 12.1 Å². The minimum Gasteiger partial charge on any atom is -0.478 e. The minimum atomic E-state index is -0.895. The largest absolute Gasteiger partial charge is 0.478 e. The summed E-state index contributed by atoms with van der Waals surface area (Å²) >= 11 is 1.61. The summed E-state index contributed by atoms with van der Waals surface area (Å²) in [7, 11) is 0. The van der Waals surface area contributed by atoms with Crippen LogP contribution in [0.1, 0.15) is 0 Å². The second-order valence-electron chi connectivity index (χ2n) is 2.36. The van der Waals surface area contributed by atoms with Crippen molar-refractivity contribution in [3.8, 4) is 0 Å². The van der Waals surface area contributed by atoms with Gasteiger partial charge in [0.05, 0.1) is 0 Å². The van der Waals surface area contributed by atoms with Gasteiger partial charge in [-0.3, -0.25) is 0 Å². The fraction of sp³-hybridized carbons (Fsp3) is 0.100.